The molecule has 3 aromatic rings. The molecule has 1 aromatic heterocycles. The van der Waals surface area contributed by atoms with E-state index in [4.69, 9.17) is 4.11 Å². The Labute approximate surface area is 145 Å². The fourth-order valence-electron chi connectivity index (χ4n) is 2.93. The van der Waals surface area contributed by atoms with Crippen LogP contribution in [0.4, 0.5) is 0 Å². The van der Waals surface area contributed by atoms with E-state index >= 15 is 0 Å². The highest BCUT2D eigenvalue weighted by Gasteiger charge is 2.16. The molecule has 0 aliphatic rings. The Morgan fingerprint density at radius 1 is 1.00 bits per heavy atom. The van der Waals surface area contributed by atoms with E-state index in [9.17, 15) is 0 Å². The van der Waals surface area contributed by atoms with Gasteiger partial charge < -0.3 is 0 Å². The van der Waals surface area contributed by atoms with Gasteiger partial charge in [0.15, 0.2) is 6.20 Å². The molecule has 0 aliphatic carbocycles. The molecule has 3 rings (SSSR count). The van der Waals surface area contributed by atoms with Crippen LogP contribution in [0.2, 0.25) is 6.55 Å². The van der Waals surface area contributed by atoms with E-state index in [1.54, 1.807) is 12.3 Å². The summed E-state index contributed by atoms with van der Waals surface area (Å²) in [6, 6.07) is 18.5. The number of hydrogen-bond donors (Lipinski definition) is 0. The second kappa shape index (κ2) is 6.51. The summed E-state index contributed by atoms with van der Waals surface area (Å²) >= 11 is 0. The molecular formula is C21H22NSi+. The van der Waals surface area contributed by atoms with E-state index in [-0.39, 0.29) is 0 Å². The third-order valence-corrected chi connectivity index (χ3v) is 5.08. The van der Waals surface area contributed by atoms with Crippen molar-refractivity contribution in [3.63, 3.8) is 0 Å². The molecule has 0 atom stereocenters. The number of hydrogen-bond acceptors (Lipinski definition) is 0. The standard InChI is InChI=1S/C21H22NSi/c1-15-10-11-20(22(3)14-15)18-13-19(17-8-6-5-7-9-17)21(23-4)12-16(18)2/h5-14H,1-4H3/q+1/i1D3. The molecule has 114 valence electrons. The molecule has 0 unspecified atom stereocenters. The summed E-state index contributed by atoms with van der Waals surface area (Å²) in [5.41, 5.74) is 6.15. The molecule has 0 saturated carbocycles. The average Bonchev–Trinajstić information content (AvgIpc) is 2.61. The van der Waals surface area contributed by atoms with E-state index in [2.05, 4.69) is 49.9 Å². The van der Waals surface area contributed by atoms with E-state index in [1.807, 2.05) is 23.7 Å². The van der Waals surface area contributed by atoms with Crippen molar-refractivity contribution in [1.82, 2.24) is 0 Å². The summed E-state index contributed by atoms with van der Waals surface area (Å²) in [6.45, 7) is 2.23. The molecule has 0 spiro atoms. The van der Waals surface area contributed by atoms with Gasteiger partial charge in [0, 0.05) is 21.3 Å². The molecule has 0 bridgehead atoms. The second-order valence-electron chi connectivity index (χ2n) is 5.74. The maximum atomic E-state index is 7.61. The van der Waals surface area contributed by atoms with E-state index in [0.29, 0.717) is 15.1 Å². The van der Waals surface area contributed by atoms with Crippen LogP contribution in [0.5, 0.6) is 0 Å². The zero-order valence-corrected chi connectivity index (χ0v) is 14.7. The SMILES string of the molecule is [2H]C([2H])([2H])c1ccc(-c2cc(-c3ccccc3)c([Si]C)cc2C)[n+](C)c1. The second-order valence-corrected chi connectivity index (χ2v) is 6.78. The van der Waals surface area contributed by atoms with E-state index < -0.39 is 6.85 Å². The molecule has 0 fully saturated rings. The van der Waals surface area contributed by atoms with Crippen LogP contribution in [0.1, 0.15) is 15.2 Å². The van der Waals surface area contributed by atoms with Crippen molar-refractivity contribution >= 4 is 14.7 Å². The van der Waals surface area contributed by atoms with Crippen molar-refractivity contribution in [1.29, 1.82) is 0 Å². The maximum Gasteiger partial charge on any atom is 0.212 e. The van der Waals surface area contributed by atoms with Crippen molar-refractivity contribution in [2.24, 2.45) is 7.05 Å². The number of aryl methyl sites for hydroxylation is 3. The van der Waals surface area contributed by atoms with E-state index in [1.165, 1.54) is 21.9 Å². The minimum atomic E-state index is -2.09. The van der Waals surface area contributed by atoms with Crippen LogP contribution < -0.4 is 9.75 Å². The predicted octanol–water partition coefficient (Wildman–Crippen LogP) is 3.84. The van der Waals surface area contributed by atoms with Crippen molar-refractivity contribution in [3.8, 4) is 22.4 Å². The Bertz CT molecular complexity index is 934. The minimum Gasteiger partial charge on any atom is -0.201 e. The van der Waals surface area contributed by atoms with Gasteiger partial charge in [-0.3, -0.25) is 0 Å². The van der Waals surface area contributed by atoms with Gasteiger partial charge in [-0.2, -0.15) is 0 Å². The third-order valence-electron chi connectivity index (χ3n) is 4.13. The summed E-state index contributed by atoms with van der Waals surface area (Å²) in [5, 5.41) is 1.35. The highest BCUT2D eigenvalue weighted by atomic mass is 28.2. The topological polar surface area (TPSA) is 3.88 Å². The lowest BCUT2D eigenvalue weighted by molar-refractivity contribution is -0.660. The van der Waals surface area contributed by atoms with Crippen LogP contribution in [0.3, 0.4) is 0 Å². The first-order valence-electron chi connectivity index (χ1n) is 9.19. The number of benzene rings is 2. The summed E-state index contributed by atoms with van der Waals surface area (Å²) in [4.78, 5) is 0. The molecule has 0 aliphatic heterocycles. The highest BCUT2D eigenvalue weighted by Crippen LogP contribution is 2.26. The van der Waals surface area contributed by atoms with Gasteiger partial charge in [-0.1, -0.05) is 48.1 Å². The molecule has 2 radical (unpaired) electrons. The third kappa shape index (κ3) is 3.13. The Morgan fingerprint density at radius 2 is 1.78 bits per heavy atom. The van der Waals surface area contributed by atoms with Gasteiger partial charge in [0.05, 0.1) is 9.52 Å². The monoisotopic (exact) mass is 319 g/mol. The fraction of sp³-hybridized carbons (Fsp3) is 0.190. The molecule has 0 saturated heterocycles. The molecule has 1 nitrogen and oxygen atoms in total. The summed E-state index contributed by atoms with van der Waals surface area (Å²) in [6.07, 6.45) is 1.71. The Morgan fingerprint density at radius 3 is 2.43 bits per heavy atom. The largest absolute Gasteiger partial charge is 0.212 e. The van der Waals surface area contributed by atoms with Crippen molar-refractivity contribution in [2.45, 2.75) is 20.3 Å². The van der Waals surface area contributed by atoms with Gasteiger partial charge in [-0.15, -0.1) is 0 Å². The first-order chi connectivity index (χ1) is 12.3. The molecule has 1 heterocycles. The normalized spacial score (nSPS) is 13.3. The quantitative estimate of drug-likeness (QED) is 0.510. The smallest absolute Gasteiger partial charge is 0.201 e. The highest BCUT2D eigenvalue weighted by molar-refractivity contribution is 6.54. The molecule has 23 heavy (non-hydrogen) atoms. The zero-order valence-electron chi connectivity index (χ0n) is 16.7. The first-order valence-corrected chi connectivity index (χ1v) is 9.19. The fourth-order valence-corrected chi connectivity index (χ4v) is 3.78. The van der Waals surface area contributed by atoms with Crippen LogP contribution in [0, 0.1) is 13.8 Å². The van der Waals surface area contributed by atoms with Crippen LogP contribution >= 0.6 is 0 Å². The summed E-state index contributed by atoms with van der Waals surface area (Å²) < 4.78 is 24.7. The Kier molecular flexibility index (Phi) is 3.47. The maximum absolute atomic E-state index is 7.61. The first kappa shape index (κ1) is 12.3. The molecular weight excluding hydrogens is 294 g/mol. The number of aromatic nitrogens is 1. The lowest BCUT2D eigenvalue weighted by atomic mass is 9.97. The van der Waals surface area contributed by atoms with Crippen LogP contribution in [-0.2, 0) is 7.05 Å². The van der Waals surface area contributed by atoms with Crippen LogP contribution in [0.15, 0.2) is 60.8 Å². The lowest BCUT2D eigenvalue weighted by Gasteiger charge is -2.13. The summed E-state index contributed by atoms with van der Waals surface area (Å²) in [5.74, 6) is 0. The van der Waals surface area contributed by atoms with Crippen molar-refractivity contribution in [3.05, 3.63) is 71.9 Å². The van der Waals surface area contributed by atoms with Crippen LogP contribution in [-0.4, -0.2) is 9.52 Å². The van der Waals surface area contributed by atoms with Gasteiger partial charge in [-0.25, -0.2) is 4.57 Å². The van der Waals surface area contributed by atoms with E-state index in [0.717, 1.165) is 11.3 Å². The molecule has 0 N–H and O–H groups in total. The minimum absolute atomic E-state index is 0.358. The molecule has 2 heteroatoms. The molecule has 2 aromatic carbocycles. The van der Waals surface area contributed by atoms with Crippen LogP contribution in [0.25, 0.3) is 22.4 Å². The van der Waals surface area contributed by atoms with Crippen molar-refractivity contribution in [2.75, 3.05) is 0 Å². The van der Waals surface area contributed by atoms with Gasteiger partial charge in [0.1, 0.15) is 7.05 Å². The van der Waals surface area contributed by atoms with Gasteiger partial charge in [0.25, 0.3) is 0 Å². The van der Waals surface area contributed by atoms with Gasteiger partial charge in [0.2, 0.25) is 5.69 Å². The van der Waals surface area contributed by atoms with Gasteiger partial charge >= 0.3 is 0 Å². The number of pyridine rings is 1. The Hall–Kier alpha value is -2.19. The zero-order chi connectivity index (χ0) is 18.9. The lowest BCUT2D eigenvalue weighted by Crippen LogP contribution is -2.31. The van der Waals surface area contributed by atoms with Crippen molar-refractivity contribution < 1.29 is 8.68 Å². The number of nitrogens with zero attached hydrogens (tertiary/aromatic N) is 1. The summed E-state index contributed by atoms with van der Waals surface area (Å²) in [7, 11) is 2.62. The average molecular weight is 320 g/mol. The molecule has 0 amide bonds. The Balaban J connectivity index is 2.17. The predicted molar refractivity (Wildman–Crippen MR) is 99.2 cm³/mol. The van der Waals surface area contributed by atoms with Gasteiger partial charge in [-0.05, 0) is 42.6 Å². The number of rotatable bonds is 3.